The van der Waals surface area contributed by atoms with Crippen LogP contribution in [0.3, 0.4) is 0 Å². The number of pyridine rings is 1. The van der Waals surface area contributed by atoms with Gasteiger partial charge in [0.2, 0.25) is 6.79 Å². The lowest BCUT2D eigenvalue weighted by atomic mass is 10.1. The summed E-state index contributed by atoms with van der Waals surface area (Å²) in [6.07, 6.45) is 2.70. The Hall–Kier alpha value is -2.84. The molecule has 3 heterocycles. The Labute approximate surface area is 175 Å². The molecule has 2 aromatic rings. The van der Waals surface area contributed by atoms with Crippen molar-refractivity contribution < 1.29 is 19.0 Å². The Bertz CT molecular complexity index is 987. The second-order valence-corrected chi connectivity index (χ2v) is 7.74. The fourth-order valence-electron chi connectivity index (χ4n) is 3.97. The number of hydrogen-bond acceptors (Lipinski definition) is 6. The van der Waals surface area contributed by atoms with Gasteiger partial charge < -0.3 is 24.4 Å². The van der Waals surface area contributed by atoms with E-state index in [1.807, 2.05) is 0 Å². The van der Waals surface area contributed by atoms with Crippen LogP contribution in [0.1, 0.15) is 22.3 Å². The summed E-state index contributed by atoms with van der Waals surface area (Å²) in [7, 11) is 1.70. The van der Waals surface area contributed by atoms with Crippen LogP contribution in [-0.2, 0) is 4.74 Å². The summed E-state index contributed by atoms with van der Waals surface area (Å²) < 4.78 is 17.3. The number of nitrogens with one attached hydrogen (secondary N) is 1. The van der Waals surface area contributed by atoms with Crippen molar-refractivity contribution in [2.75, 3.05) is 46.7 Å². The number of carbonyl (C=O) groups excluding carboxylic acids is 1. The van der Waals surface area contributed by atoms with E-state index in [9.17, 15) is 9.59 Å². The van der Waals surface area contributed by atoms with E-state index in [0.717, 1.165) is 26.1 Å². The zero-order valence-corrected chi connectivity index (χ0v) is 17.3. The van der Waals surface area contributed by atoms with Gasteiger partial charge in [-0.3, -0.25) is 14.2 Å². The Balaban J connectivity index is 1.47. The summed E-state index contributed by atoms with van der Waals surface area (Å²) in [4.78, 5) is 28.3. The molecule has 1 aromatic carbocycles. The highest BCUT2D eigenvalue weighted by atomic mass is 16.7. The maximum Gasteiger partial charge on any atom is 0.268 e. The minimum absolute atomic E-state index is 0.166. The summed E-state index contributed by atoms with van der Waals surface area (Å²) >= 11 is 0. The fourth-order valence-corrected chi connectivity index (χ4v) is 3.97. The first-order chi connectivity index (χ1) is 14.6. The topological polar surface area (TPSA) is 82.0 Å². The number of methoxy groups -OCH3 is 1. The lowest BCUT2D eigenvalue weighted by molar-refractivity contribution is 0.0944. The molecule has 4 rings (SSSR count). The van der Waals surface area contributed by atoms with Crippen molar-refractivity contribution in [1.29, 1.82) is 0 Å². The van der Waals surface area contributed by atoms with Gasteiger partial charge in [0.1, 0.15) is 5.56 Å². The zero-order chi connectivity index (χ0) is 21.1. The van der Waals surface area contributed by atoms with Crippen molar-refractivity contribution in [3.05, 3.63) is 51.9 Å². The molecule has 30 heavy (non-hydrogen) atoms. The van der Waals surface area contributed by atoms with Gasteiger partial charge >= 0.3 is 0 Å². The van der Waals surface area contributed by atoms with E-state index in [2.05, 4.69) is 10.2 Å². The van der Waals surface area contributed by atoms with E-state index < -0.39 is 0 Å². The second-order valence-electron chi connectivity index (χ2n) is 7.74. The number of fused-ring (bicyclic) bond motifs is 1. The van der Waals surface area contributed by atoms with E-state index in [1.165, 1.54) is 4.57 Å². The summed E-state index contributed by atoms with van der Waals surface area (Å²) in [6.45, 7) is 6.05. The molecular weight excluding hydrogens is 386 g/mol. The number of amides is 1. The highest BCUT2D eigenvalue weighted by molar-refractivity contribution is 5.95. The number of aromatic nitrogens is 1. The standard InChI is InChI=1S/C22H27N3O5/c1-15-5-8-25(17-3-4-18-19(11-17)30-14-29-18)22(27)20(15)21(26)23-12-16-6-7-24(13-16)9-10-28-2/h3-5,8,11,16H,6-7,9-10,12-14H2,1-2H3,(H,23,26). The fraction of sp³-hybridized carbons (Fsp3) is 0.455. The third-order valence-electron chi connectivity index (χ3n) is 5.69. The zero-order valence-electron chi connectivity index (χ0n) is 17.3. The van der Waals surface area contributed by atoms with E-state index in [0.29, 0.717) is 41.8 Å². The molecule has 160 valence electrons. The van der Waals surface area contributed by atoms with Gasteiger partial charge in [0.05, 0.1) is 12.3 Å². The van der Waals surface area contributed by atoms with Crippen molar-refractivity contribution in [2.45, 2.75) is 13.3 Å². The molecule has 0 spiro atoms. The molecule has 2 aliphatic rings. The molecule has 1 unspecified atom stereocenters. The number of carbonyl (C=O) groups is 1. The Morgan fingerprint density at radius 2 is 2.10 bits per heavy atom. The molecule has 8 nitrogen and oxygen atoms in total. The average molecular weight is 413 g/mol. The van der Waals surface area contributed by atoms with Crippen LogP contribution in [0.15, 0.2) is 35.3 Å². The molecule has 2 aliphatic heterocycles. The number of benzene rings is 1. The van der Waals surface area contributed by atoms with Gasteiger partial charge in [0, 0.05) is 39.0 Å². The van der Waals surface area contributed by atoms with E-state index in [1.54, 1.807) is 44.5 Å². The predicted molar refractivity (Wildman–Crippen MR) is 112 cm³/mol. The van der Waals surface area contributed by atoms with Crippen molar-refractivity contribution in [2.24, 2.45) is 5.92 Å². The monoisotopic (exact) mass is 413 g/mol. The van der Waals surface area contributed by atoms with Crippen molar-refractivity contribution in [3.63, 3.8) is 0 Å². The van der Waals surface area contributed by atoms with Gasteiger partial charge in [-0.05, 0) is 49.6 Å². The van der Waals surface area contributed by atoms with Gasteiger partial charge in [-0.15, -0.1) is 0 Å². The predicted octanol–water partition coefficient (Wildman–Crippen LogP) is 1.57. The van der Waals surface area contributed by atoms with Gasteiger partial charge in [-0.25, -0.2) is 0 Å². The molecule has 1 amide bonds. The molecule has 1 aromatic heterocycles. The molecule has 0 bridgehead atoms. The number of likely N-dealkylation sites (tertiary alicyclic amines) is 1. The number of ether oxygens (including phenoxy) is 3. The third kappa shape index (κ3) is 4.20. The van der Waals surface area contributed by atoms with Gasteiger partial charge in [0.15, 0.2) is 11.5 Å². The summed E-state index contributed by atoms with van der Waals surface area (Å²) in [6, 6.07) is 7.06. The molecule has 8 heteroatoms. The molecule has 1 atom stereocenters. The Kier molecular flexibility index (Phi) is 6.06. The van der Waals surface area contributed by atoms with Crippen LogP contribution in [0.2, 0.25) is 0 Å². The third-order valence-corrected chi connectivity index (χ3v) is 5.69. The van der Waals surface area contributed by atoms with E-state index >= 15 is 0 Å². The molecular formula is C22H27N3O5. The van der Waals surface area contributed by atoms with Crippen molar-refractivity contribution in [3.8, 4) is 17.2 Å². The van der Waals surface area contributed by atoms with Crippen molar-refractivity contribution >= 4 is 5.91 Å². The van der Waals surface area contributed by atoms with E-state index in [4.69, 9.17) is 14.2 Å². The maximum absolute atomic E-state index is 13.1. The van der Waals surface area contributed by atoms with Crippen LogP contribution < -0.4 is 20.3 Å². The minimum atomic E-state index is -0.348. The second kappa shape index (κ2) is 8.89. The van der Waals surface area contributed by atoms with Crippen LogP contribution in [0, 0.1) is 12.8 Å². The molecule has 0 aliphatic carbocycles. The first-order valence-electron chi connectivity index (χ1n) is 10.2. The average Bonchev–Trinajstić information content (AvgIpc) is 3.39. The van der Waals surface area contributed by atoms with Gasteiger partial charge in [0.25, 0.3) is 11.5 Å². The van der Waals surface area contributed by atoms with Crippen LogP contribution in [0.4, 0.5) is 0 Å². The Morgan fingerprint density at radius 1 is 1.27 bits per heavy atom. The lowest BCUT2D eigenvalue weighted by Gasteiger charge is -2.16. The summed E-state index contributed by atoms with van der Waals surface area (Å²) in [5.74, 6) is 1.28. The van der Waals surface area contributed by atoms with Crippen LogP contribution in [0.25, 0.3) is 5.69 Å². The molecule has 1 fully saturated rings. The number of aryl methyl sites for hydroxylation is 1. The van der Waals surface area contributed by atoms with Crippen LogP contribution in [-0.4, -0.2) is 62.1 Å². The lowest BCUT2D eigenvalue weighted by Crippen LogP contribution is -2.36. The quantitative estimate of drug-likeness (QED) is 0.742. The first kappa shape index (κ1) is 20.4. The summed E-state index contributed by atoms with van der Waals surface area (Å²) in [5.41, 5.74) is 1.11. The number of rotatable bonds is 7. The van der Waals surface area contributed by atoms with Gasteiger partial charge in [-0.2, -0.15) is 0 Å². The summed E-state index contributed by atoms with van der Waals surface area (Å²) in [5, 5.41) is 2.96. The number of nitrogens with zero attached hydrogens (tertiary/aromatic N) is 2. The van der Waals surface area contributed by atoms with Crippen LogP contribution in [0.5, 0.6) is 11.5 Å². The molecule has 0 saturated carbocycles. The molecule has 1 saturated heterocycles. The minimum Gasteiger partial charge on any atom is -0.454 e. The van der Waals surface area contributed by atoms with Crippen LogP contribution >= 0.6 is 0 Å². The highest BCUT2D eigenvalue weighted by Crippen LogP contribution is 2.33. The smallest absolute Gasteiger partial charge is 0.268 e. The normalized spacial score (nSPS) is 18.0. The van der Waals surface area contributed by atoms with Gasteiger partial charge in [-0.1, -0.05) is 0 Å². The largest absolute Gasteiger partial charge is 0.454 e. The van der Waals surface area contributed by atoms with E-state index in [-0.39, 0.29) is 23.8 Å². The SMILES string of the molecule is COCCN1CCC(CNC(=O)c2c(C)ccn(-c3ccc4c(c3)OCO4)c2=O)C1. The highest BCUT2D eigenvalue weighted by Gasteiger charge is 2.24. The molecule has 1 N–H and O–H groups in total. The number of hydrogen-bond donors (Lipinski definition) is 1. The maximum atomic E-state index is 13.1. The first-order valence-corrected chi connectivity index (χ1v) is 10.2. The van der Waals surface area contributed by atoms with Crippen molar-refractivity contribution in [1.82, 2.24) is 14.8 Å². The Morgan fingerprint density at radius 3 is 2.93 bits per heavy atom. The molecule has 0 radical (unpaired) electrons.